The van der Waals surface area contributed by atoms with Crippen molar-refractivity contribution < 1.29 is 4.74 Å². The number of nitrogens with zero attached hydrogens (tertiary/aromatic N) is 1. The summed E-state index contributed by atoms with van der Waals surface area (Å²) in [5, 5.41) is 3.45. The Morgan fingerprint density at radius 3 is 2.18 bits per heavy atom. The van der Waals surface area contributed by atoms with Crippen molar-refractivity contribution in [2.45, 2.75) is 52.7 Å². The highest BCUT2D eigenvalue weighted by molar-refractivity contribution is 5.29. The summed E-state index contributed by atoms with van der Waals surface area (Å²) in [6.07, 6.45) is 2.75. The van der Waals surface area contributed by atoms with Crippen molar-refractivity contribution in [3.63, 3.8) is 0 Å². The molecule has 0 unspecified atom stereocenters. The van der Waals surface area contributed by atoms with Crippen LogP contribution in [0.15, 0.2) is 24.3 Å². The molecule has 1 aliphatic rings. The van der Waals surface area contributed by atoms with Gasteiger partial charge in [-0.2, -0.15) is 0 Å². The van der Waals surface area contributed by atoms with Crippen LogP contribution in [0.3, 0.4) is 0 Å². The van der Waals surface area contributed by atoms with Crippen LogP contribution in [-0.4, -0.2) is 37.2 Å². The van der Waals surface area contributed by atoms with E-state index in [0.29, 0.717) is 6.04 Å². The highest BCUT2D eigenvalue weighted by atomic mass is 16.5. The second kappa shape index (κ2) is 8.54. The zero-order valence-electron chi connectivity index (χ0n) is 14.6. The molecule has 1 fully saturated rings. The molecule has 3 heteroatoms. The second-order valence-electron chi connectivity index (χ2n) is 7.01. The van der Waals surface area contributed by atoms with Crippen LogP contribution in [-0.2, 0) is 0 Å². The molecule has 1 aliphatic heterocycles. The van der Waals surface area contributed by atoms with Crippen LogP contribution in [0.5, 0.6) is 5.75 Å². The molecular formula is C19H32N2O. The van der Waals surface area contributed by atoms with Gasteiger partial charge in [-0.05, 0) is 50.3 Å². The molecule has 124 valence electrons. The normalized spacial score (nSPS) is 17.9. The molecule has 0 aliphatic carbocycles. The summed E-state index contributed by atoms with van der Waals surface area (Å²) >= 11 is 0. The summed E-state index contributed by atoms with van der Waals surface area (Å²) in [6, 6.07) is 9.30. The quantitative estimate of drug-likeness (QED) is 0.828. The minimum atomic E-state index is 0.232. The SMILES string of the molecule is CC(C)CC[C@@H](c1ccc(OC(C)C)cc1)N1CCNCC1. The van der Waals surface area contributed by atoms with Gasteiger partial charge in [0.15, 0.2) is 0 Å². The van der Waals surface area contributed by atoms with Crippen molar-refractivity contribution in [1.82, 2.24) is 10.2 Å². The molecular weight excluding hydrogens is 272 g/mol. The van der Waals surface area contributed by atoms with Gasteiger partial charge in [-0.15, -0.1) is 0 Å². The van der Waals surface area contributed by atoms with E-state index >= 15 is 0 Å². The van der Waals surface area contributed by atoms with Crippen LogP contribution in [0.1, 0.15) is 52.1 Å². The third kappa shape index (κ3) is 5.29. The fourth-order valence-electron chi connectivity index (χ4n) is 3.09. The van der Waals surface area contributed by atoms with E-state index in [1.54, 1.807) is 0 Å². The number of benzene rings is 1. The number of rotatable bonds is 7. The number of piperazine rings is 1. The van der Waals surface area contributed by atoms with Gasteiger partial charge in [0.25, 0.3) is 0 Å². The number of hydrogen-bond acceptors (Lipinski definition) is 3. The van der Waals surface area contributed by atoms with E-state index in [2.05, 4.69) is 62.2 Å². The van der Waals surface area contributed by atoms with E-state index in [4.69, 9.17) is 4.74 Å². The average Bonchev–Trinajstić information content (AvgIpc) is 2.49. The van der Waals surface area contributed by atoms with E-state index in [-0.39, 0.29) is 6.10 Å². The lowest BCUT2D eigenvalue weighted by Crippen LogP contribution is -2.45. The first-order valence-corrected chi connectivity index (χ1v) is 8.77. The molecule has 1 heterocycles. The summed E-state index contributed by atoms with van der Waals surface area (Å²) in [4.78, 5) is 2.64. The Kier molecular flexibility index (Phi) is 6.71. The molecule has 1 atom stereocenters. The predicted octanol–water partition coefficient (Wildman–Crippen LogP) is 3.86. The van der Waals surface area contributed by atoms with Gasteiger partial charge >= 0.3 is 0 Å². The van der Waals surface area contributed by atoms with Gasteiger partial charge in [0.05, 0.1) is 6.10 Å². The van der Waals surface area contributed by atoms with Gasteiger partial charge < -0.3 is 10.1 Å². The maximum Gasteiger partial charge on any atom is 0.119 e. The fraction of sp³-hybridized carbons (Fsp3) is 0.684. The molecule has 2 rings (SSSR count). The van der Waals surface area contributed by atoms with Crippen LogP contribution in [0.25, 0.3) is 0 Å². The van der Waals surface area contributed by atoms with E-state index < -0.39 is 0 Å². The molecule has 22 heavy (non-hydrogen) atoms. The lowest BCUT2D eigenvalue weighted by atomic mass is 9.95. The second-order valence-corrected chi connectivity index (χ2v) is 7.01. The zero-order chi connectivity index (χ0) is 15.9. The first kappa shape index (κ1) is 17.3. The van der Waals surface area contributed by atoms with Crippen LogP contribution < -0.4 is 10.1 Å². The topological polar surface area (TPSA) is 24.5 Å². The van der Waals surface area contributed by atoms with Crippen LogP contribution in [0.4, 0.5) is 0 Å². The molecule has 1 saturated heterocycles. The smallest absolute Gasteiger partial charge is 0.119 e. The number of ether oxygens (including phenoxy) is 1. The van der Waals surface area contributed by atoms with Crippen molar-refractivity contribution in [3.05, 3.63) is 29.8 Å². The molecule has 1 aromatic carbocycles. The van der Waals surface area contributed by atoms with Gasteiger partial charge in [-0.3, -0.25) is 4.90 Å². The maximum absolute atomic E-state index is 5.77. The monoisotopic (exact) mass is 304 g/mol. The highest BCUT2D eigenvalue weighted by Crippen LogP contribution is 2.29. The molecule has 3 nitrogen and oxygen atoms in total. The largest absolute Gasteiger partial charge is 0.491 e. The minimum absolute atomic E-state index is 0.232. The summed E-state index contributed by atoms with van der Waals surface area (Å²) in [6.45, 7) is 13.3. The van der Waals surface area contributed by atoms with E-state index in [0.717, 1.165) is 37.8 Å². The van der Waals surface area contributed by atoms with Crippen molar-refractivity contribution in [1.29, 1.82) is 0 Å². The summed E-state index contributed by atoms with van der Waals surface area (Å²) in [7, 11) is 0. The van der Waals surface area contributed by atoms with Gasteiger partial charge in [0.1, 0.15) is 5.75 Å². The molecule has 0 radical (unpaired) electrons. The minimum Gasteiger partial charge on any atom is -0.491 e. The summed E-state index contributed by atoms with van der Waals surface area (Å²) in [5.41, 5.74) is 1.43. The Morgan fingerprint density at radius 1 is 1.00 bits per heavy atom. The third-order valence-corrected chi connectivity index (χ3v) is 4.25. The Bertz CT molecular complexity index is 422. The Morgan fingerprint density at radius 2 is 1.64 bits per heavy atom. The molecule has 0 spiro atoms. The summed E-state index contributed by atoms with van der Waals surface area (Å²) < 4.78 is 5.77. The van der Waals surface area contributed by atoms with E-state index in [1.165, 1.54) is 18.4 Å². The molecule has 1 aromatic rings. The zero-order valence-corrected chi connectivity index (χ0v) is 14.6. The van der Waals surface area contributed by atoms with Crippen molar-refractivity contribution >= 4 is 0 Å². The lowest BCUT2D eigenvalue weighted by molar-refractivity contribution is 0.159. The average molecular weight is 304 g/mol. The Labute approximate surface area is 136 Å². The fourth-order valence-corrected chi connectivity index (χ4v) is 3.09. The van der Waals surface area contributed by atoms with Crippen molar-refractivity contribution in [2.24, 2.45) is 5.92 Å². The van der Waals surface area contributed by atoms with Gasteiger partial charge in [-0.25, -0.2) is 0 Å². The first-order valence-electron chi connectivity index (χ1n) is 8.77. The molecule has 0 amide bonds. The number of hydrogen-bond donors (Lipinski definition) is 1. The van der Waals surface area contributed by atoms with Crippen molar-refractivity contribution in [2.75, 3.05) is 26.2 Å². The Balaban J connectivity index is 2.08. The van der Waals surface area contributed by atoms with E-state index in [9.17, 15) is 0 Å². The van der Waals surface area contributed by atoms with Gasteiger partial charge in [-0.1, -0.05) is 26.0 Å². The van der Waals surface area contributed by atoms with Crippen molar-refractivity contribution in [3.8, 4) is 5.75 Å². The molecule has 0 bridgehead atoms. The third-order valence-electron chi connectivity index (χ3n) is 4.25. The molecule has 1 N–H and O–H groups in total. The van der Waals surface area contributed by atoms with Gasteiger partial charge in [0, 0.05) is 32.2 Å². The number of nitrogens with one attached hydrogen (secondary N) is 1. The standard InChI is InChI=1S/C19H32N2O/c1-15(2)5-10-19(21-13-11-20-12-14-21)17-6-8-18(9-7-17)22-16(3)4/h6-9,15-16,19-20H,5,10-14H2,1-4H3/t19-/m0/s1. The predicted molar refractivity (Wildman–Crippen MR) is 93.5 cm³/mol. The summed E-state index contributed by atoms with van der Waals surface area (Å²) in [5.74, 6) is 1.73. The van der Waals surface area contributed by atoms with Gasteiger partial charge in [0.2, 0.25) is 0 Å². The van der Waals surface area contributed by atoms with E-state index in [1.807, 2.05) is 0 Å². The lowest BCUT2D eigenvalue weighted by Gasteiger charge is -2.35. The Hall–Kier alpha value is -1.06. The molecule has 0 saturated carbocycles. The van der Waals surface area contributed by atoms with Crippen LogP contribution in [0.2, 0.25) is 0 Å². The van der Waals surface area contributed by atoms with Crippen LogP contribution >= 0.6 is 0 Å². The highest BCUT2D eigenvalue weighted by Gasteiger charge is 2.22. The maximum atomic E-state index is 5.77. The first-order chi connectivity index (χ1) is 10.6. The van der Waals surface area contributed by atoms with Crippen LogP contribution in [0, 0.1) is 5.92 Å². The molecule has 0 aromatic heterocycles.